The third-order valence-electron chi connectivity index (χ3n) is 5.29. The zero-order chi connectivity index (χ0) is 22.4. The van der Waals surface area contributed by atoms with E-state index in [9.17, 15) is 14.4 Å². The molecule has 7 heteroatoms. The van der Waals surface area contributed by atoms with Crippen molar-refractivity contribution in [2.75, 3.05) is 20.3 Å². The van der Waals surface area contributed by atoms with Crippen molar-refractivity contribution in [3.8, 4) is 5.75 Å². The number of hydrogen-bond donors (Lipinski definition) is 0. The molecule has 1 amide bonds. The Bertz CT molecular complexity index is 917. The van der Waals surface area contributed by atoms with Crippen LogP contribution in [0.1, 0.15) is 52.4 Å². The van der Waals surface area contributed by atoms with Crippen LogP contribution in [0.3, 0.4) is 0 Å². The van der Waals surface area contributed by atoms with E-state index in [1.54, 1.807) is 44.5 Å². The molecule has 0 aliphatic rings. The van der Waals surface area contributed by atoms with Gasteiger partial charge in [0, 0.05) is 24.8 Å². The molecule has 0 saturated carbocycles. The molecule has 7 nitrogen and oxygen atoms in total. The van der Waals surface area contributed by atoms with Crippen molar-refractivity contribution in [3.05, 3.63) is 52.8 Å². The lowest BCUT2D eigenvalue weighted by molar-refractivity contribution is -0.134. The molecule has 1 aromatic carbocycles. The van der Waals surface area contributed by atoms with E-state index in [1.165, 1.54) is 12.0 Å². The van der Waals surface area contributed by atoms with Crippen LogP contribution in [0.5, 0.6) is 5.75 Å². The molecular formula is C23H30N2O5. The van der Waals surface area contributed by atoms with Crippen LogP contribution >= 0.6 is 0 Å². The zero-order valence-electron chi connectivity index (χ0n) is 18.5. The minimum Gasteiger partial charge on any atom is -0.484 e. The second-order valence-electron chi connectivity index (χ2n) is 7.21. The molecule has 0 saturated heterocycles. The number of para-hydroxylation sites is 1. The molecule has 2 rings (SSSR count). The molecule has 0 unspecified atom stereocenters. The van der Waals surface area contributed by atoms with E-state index in [1.807, 2.05) is 25.1 Å². The molecule has 1 heterocycles. The van der Waals surface area contributed by atoms with Gasteiger partial charge in [-0.3, -0.25) is 9.59 Å². The SMILES string of the molecule is CCCN(C(=O)COc1ccccc1)[C@@H](C)C(=O)c1c(C)c(C(=O)OC)n(C)c1C. The Morgan fingerprint density at radius 1 is 1.13 bits per heavy atom. The third-order valence-corrected chi connectivity index (χ3v) is 5.29. The number of Topliss-reactive ketones (excluding diaryl/α,β-unsaturated/α-hetero) is 1. The summed E-state index contributed by atoms with van der Waals surface area (Å²) in [7, 11) is 3.03. The molecule has 162 valence electrons. The number of amides is 1. The van der Waals surface area contributed by atoms with Gasteiger partial charge in [-0.25, -0.2) is 4.79 Å². The monoisotopic (exact) mass is 414 g/mol. The van der Waals surface area contributed by atoms with Crippen LogP contribution in [0.2, 0.25) is 0 Å². The average Bonchev–Trinajstić information content (AvgIpc) is 2.97. The number of rotatable bonds is 9. The topological polar surface area (TPSA) is 77.8 Å². The predicted molar refractivity (Wildman–Crippen MR) is 114 cm³/mol. The lowest BCUT2D eigenvalue weighted by Gasteiger charge is -2.28. The van der Waals surface area contributed by atoms with Crippen molar-refractivity contribution < 1.29 is 23.9 Å². The molecule has 1 aromatic heterocycles. The summed E-state index contributed by atoms with van der Waals surface area (Å²) in [6.07, 6.45) is 0.703. The molecule has 0 radical (unpaired) electrons. The Morgan fingerprint density at radius 3 is 2.33 bits per heavy atom. The predicted octanol–water partition coefficient (Wildman–Crippen LogP) is 3.32. The second-order valence-corrected chi connectivity index (χ2v) is 7.21. The summed E-state index contributed by atoms with van der Waals surface area (Å²) in [5.74, 6) is -0.375. The van der Waals surface area contributed by atoms with E-state index in [0.717, 1.165) is 0 Å². The van der Waals surface area contributed by atoms with Gasteiger partial charge < -0.3 is 18.9 Å². The van der Waals surface area contributed by atoms with E-state index < -0.39 is 12.0 Å². The molecule has 0 aliphatic carbocycles. The van der Waals surface area contributed by atoms with Gasteiger partial charge in [0.25, 0.3) is 5.91 Å². The fourth-order valence-corrected chi connectivity index (χ4v) is 3.60. The Morgan fingerprint density at radius 2 is 1.77 bits per heavy atom. The summed E-state index contributed by atoms with van der Waals surface area (Å²) in [5.41, 5.74) is 2.01. The largest absolute Gasteiger partial charge is 0.484 e. The van der Waals surface area contributed by atoms with Crippen LogP contribution in [0.25, 0.3) is 0 Å². The first kappa shape index (κ1) is 23.2. The van der Waals surface area contributed by atoms with Crippen LogP contribution in [-0.4, -0.2) is 53.4 Å². The maximum absolute atomic E-state index is 13.4. The Hall–Kier alpha value is -3.09. The zero-order valence-corrected chi connectivity index (χ0v) is 18.5. The number of ether oxygens (including phenoxy) is 2. The first-order valence-corrected chi connectivity index (χ1v) is 10.00. The summed E-state index contributed by atoms with van der Waals surface area (Å²) in [5, 5.41) is 0. The van der Waals surface area contributed by atoms with Crippen LogP contribution in [0.15, 0.2) is 30.3 Å². The first-order chi connectivity index (χ1) is 14.2. The van der Waals surface area contributed by atoms with Crippen molar-refractivity contribution in [2.45, 2.75) is 40.2 Å². The first-order valence-electron chi connectivity index (χ1n) is 10.00. The Balaban J connectivity index is 2.26. The Kier molecular flexibility index (Phi) is 7.80. The van der Waals surface area contributed by atoms with E-state index in [2.05, 4.69) is 0 Å². The van der Waals surface area contributed by atoms with Gasteiger partial charge >= 0.3 is 5.97 Å². The smallest absolute Gasteiger partial charge is 0.354 e. The number of esters is 1. The maximum atomic E-state index is 13.4. The number of carbonyl (C=O) groups is 3. The minimum absolute atomic E-state index is 0.151. The molecule has 0 fully saturated rings. The van der Waals surface area contributed by atoms with E-state index >= 15 is 0 Å². The van der Waals surface area contributed by atoms with Crippen LogP contribution in [-0.2, 0) is 16.6 Å². The fourth-order valence-electron chi connectivity index (χ4n) is 3.60. The highest BCUT2D eigenvalue weighted by molar-refractivity contribution is 6.06. The molecular weight excluding hydrogens is 384 g/mol. The molecule has 0 spiro atoms. The van der Waals surface area contributed by atoms with Crippen molar-refractivity contribution in [1.82, 2.24) is 9.47 Å². The third kappa shape index (κ3) is 4.72. The summed E-state index contributed by atoms with van der Waals surface area (Å²) in [6.45, 7) is 7.44. The average molecular weight is 415 g/mol. The lowest BCUT2D eigenvalue weighted by atomic mass is 9.99. The molecule has 2 aromatic rings. The van der Waals surface area contributed by atoms with Gasteiger partial charge in [-0.1, -0.05) is 25.1 Å². The standard InChI is InChI=1S/C23H30N2O5/c1-7-13-25(19(26)14-30-18-11-9-8-10-12-18)17(4)22(27)20-15(2)21(23(28)29-6)24(5)16(20)3/h8-12,17H,7,13-14H2,1-6H3/t17-/m0/s1. The van der Waals surface area contributed by atoms with Gasteiger partial charge in [-0.2, -0.15) is 0 Å². The van der Waals surface area contributed by atoms with E-state index in [4.69, 9.17) is 9.47 Å². The number of ketones is 1. The van der Waals surface area contributed by atoms with Crippen molar-refractivity contribution in [1.29, 1.82) is 0 Å². The molecule has 0 aliphatic heterocycles. The van der Waals surface area contributed by atoms with E-state index in [-0.39, 0.29) is 18.3 Å². The quantitative estimate of drug-likeness (QED) is 0.465. The molecule has 1 atom stereocenters. The number of benzene rings is 1. The summed E-state index contributed by atoms with van der Waals surface area (Å²) < 4.78 is 12.1. The highest BCUT2D eigenvalue weighted by Gasteiger charge is 2.32. The number of nitrogens with zero attached hydrogens (tertiary/aromatic N) is 2. The number of hydrogen-bond acceptors (Lipinski definition) is 5. The Labute approximate surface area is 177 Å². The normalized spacial score (nSPS) is 11.7. The molecule has 0 bridgehead atoms. The summed E-state index contributed by atoms with van der Waals surface area (Å²) in [6, 6.07) is 8.38. The summed E-state index contributed by atoms with van der Waals surface area (Å²) in [4.78, 5) is 39.9. The van der Waals surface area contributed by atoms with Crippen molar-refractivity contribution in [2.24, 2.45) is 7.05 Å². The van der Waals surface area contributed by atoms with Gasteiger partial charge in [0.1, 0.15) is 11.4 Å². The van der Waals surface area contributed by atoms with Gasteiger partial charge in [-0.15, -0.1) is 0 Å². The van der Waals surface area contributed by atoms with Crippen LogP contribution < -0.4 is 4.74 Å². The number of methoxy groups -OCH3 is 1. The highest BCUT2D eigenvalue weighted by atomic mass is 16.5. The number of carbonyl (C=O) groups excluding carboxylic acids is 3. The van der Waals surface area contributed by atoms with Gasteiger partial charge in [0.05, 0.1) is 13.2 Å². The molecule has 30 heavy (non-hydrogen) atoms. The summed E-state index contributed by atoms with van der Waals surface area (Å²) >= 11 is 0. The fraction of sp³-hybridized carbons (Fsp3) is 0.435. The van der Waals surface area contributed by atoms with E-state index in [0.29, 0.717) is 41.2 Å². The highest BCUT2D eigenvalue weighted by Crippen LogP contribution is 2.24. The minimum atomic E-state index is -0.692. The maximum Gasteiger partial charge on any atom is 0.354 e. The lowest BCUT2D eigenvalue weighted by Crippen LogP contribution is -2.46. The number of aromatic nitrogens is 1. The van der Waals surface area contributed by atoms with Crippen LogP contribution in [0, 0.1) is 13.8 Å². The van der Waals surface area contributed by atoms with Gasteiger partial charge in [-0.05, 0) is 44.9 Å². The second kappa shape index (κ2) is 10.1. The van der Waals surface area contributed by atoms with Gasteiger partial charge in [0.15, 0.2) is 12.4 Å². The van der Waals surface area contributed by atoms with Gasteiger partial charge in [0.2, 0.25) is 0 Å². The van der Waals surface area contributed by atoms with Crippen LogP contribution in [0.4, 0.5) is 0 Å². The molecule has 0 N–H and O–H groups in total. The van der Waals surface area contributed by atoms with Crippen molar-refractivity contribution >= 4 is 17.7 Å². The van der Waals surface area contributed by atoms with Crippen molar-refractivity contribution in [3.63, 3.8) is 0 Å².